The SMILES string of the molecule is COc1cc(C(C)C)ccc1C(C)(C#N)C(=O)O. The van der Waals surface area contributed by atoms with E-state index in [4.69, 9.17) is 10.00 Å². The lowest BCUT2D eigenvalue weighted by molar-refractivity contribution is -0.141. The number of hydrogen-bond acceptors (Lipinski definition) is 3. The molecule has 4 nitrogen and oxygen atoms in total. The molecular weight excluding hydrogens is 230 g/mol. The molecule has 0 heterocycles. The number of carboxylic acid groups (broad SMARTS) is 1. The number of ether oxygens (including phenoxy) is 1. The van der Waals surface area contributed by atoms with Crippen LogP contribution in [0.1, 0.15) is 37.8 Å². The van der Waals surface area contributed by atoms with Crippen LogP contribution in [0.2, 0.25) is 0 Å². The molecule has 0 saturated heterocycles. The van der Waals surface area contributed by atoms with E-state index in [1.165, 1.54) is 14.0 Å². The van der Waals surface area contributed by atoms with Gasteiger partial charge >= 0.3 is 5.97 Å². The monoisotopic (exact) mass is 247 g/mol. The summed E-state index contributed by atoms with van der Waals surface area (Å²) in [5, 5.41) is 18.3. The molecule has 4 heteroatoms. The van der Waals surface area contributed by atoms with Crippen LogP contribution in [0, 0.1) is 11.3 Å². The van der Waals surface area contributed by atoms with Crippen molar-refractivity contribution in [3.05, 3.63) is 29.3 Å². The van der Waals surface area contributed by atoms with Crippen molar-refractivity contribution in [3.8, 4) is 11.8 Å². The standard InChI is InChI=1S/C14H17NO3/c1-9(2)10-5-6-11(12(7-10)18-4)14(3,8-15)13(16)17/h5-7,9H,1-4H3,(H,16,17). The van der Waals surface area contributed by atoms with Crippen molar-refractivity contribution in [1.29, 1.82) is 5.26 Å². The van der Waals surface area contributed by atoms with Crippen molar-refractivity contribution >= 4 is 5.97 Å². The van der Waals surface area contributed by atoms with E-state index in [9.17, 15) is 9.90 Å². The molecule has 96 valence electrons. The highest BCUT2D eigenvalue weighted by Gasteiger charge is 2.38. The maximum absolute atomic E-state index is 11.3. The third-order valence-electron chi connectivity index (χ3n) is 3.08. The van der Waals surface area contributed by atoms with Gasteiger partial charge in [0, 0.05) is 5.56 Å². The first-order valence-electron chi connectivity index (χ1n) is 5.70. The largest absolute Gasteiger partial charge is 0.496 e. The highest BCUT2D eigenvalue weighted by atomic mass is 16.5. The van der Waals surface area contributed by atoms with Gasteiger partial charge in [0.1, 0.15) is 5.75 Å². The van der Waals surface area contributed by atoms with Gasteiger partial charge in [0.25, 0.3) is 0 Å². The number of rotatable bonds is 4. The molecule has 0 aromatic heterocycles. The van der Waals surface area contributed by atoms with Gasteiger partial charge in [-0.15, -0.1) is 0 Å². The summed E-state index contributed by atoms with van der Waals surface area (Å²) >= 11 is 0. The Hall–Kier alpha value is -2.02. The summed E-state index contributed by atoms with van der Waals surface area (Å²) in [6, 6.07) is 7.12. The summed E-state index contributed by atoms with van der Waals surface area (Å²) in [5.41, 5.74) is -0.174. The van der Waals surface area contributed by atoms with Crippen molar-refractivity contribution in [2.45, 2.75) is 32.1 Å². The van der Waals surface area contributed by atoms with Gasteiger partial charge in [-0.2, -0.15) is 5.26 Å². The van der Waals surface area contributed by atoms with Crippen molar-refractivity contribution < 1.29 is 14.6 Å². The molecule has 0 radical (unpaired) electrons. The summed E-state index contributed by atoms with van der Waals surface area (Å²) in [6.45, 7) is 5.45. The topological polar surface area (TPSA) is 70.3 Å². The predicted molar refractivity (Wildman–Crippen MR) is 67.7 cm³/mol. The molecule has 0 aliphatic heterocycles. The molecule has 0 spiro atoms. The third-order valence-corrected chi connectivity index (χ3v) is 3.08. The number of methoxy groups -OCH3 is 1. The molecule has 1 N–H and O–H groups in total. The molecule has 0 fully saturated rings. The average molecular weight is 247 g/mol. The lowest BCUT2D eigenvalue weighted by atomic mass is 9.82. The summed E-state index contributed by atoms with van der Waals surface area (Å²) in [5.74, 6) is -0.431. The fourth-order valence-electron chi connectivity index (χ4n) is 1.70. The van der Waals surface area contributed by atoms with Crippen molar-refractivity contribution in [3.63, 3.8) is 0 Å². The number of nitriles is 1. The van der Waals surface area contributed by atoms with Gasteiger partial charge in [0.05, 0.1) is 13.2 Å². The maximum Gasteiger partial charge on any atom is 0.328 e. The normalized spacial score (nSPS) is 13.8. The van der Waals surface area contributed by atoms with E-state index in [1.807, 2.05) is 26.0 Å². The number of benzene rings is 1. The highest BCUT2D eigenvalue weighted by Crippen LogP contribution is 2.34. The van der Waals surface area contributed by atoms with Crippen LogP contribution >= 0.6 is 0 Å². The van der Waals surface area contributed by atoms with Crippen molar-refractivity contribution in [2.75, 3.05) is 7.11 Å². The Morgan fingerprint density at radius 2 is 2.11 bits per heavy atom. The summed E-state index contributed by atoms with van der Waals surface area (Å²) in [4.78, 5) is 11.3. The van der Waals surface area contributed by atoms with Gasteiger partial charge in [-0.05, 0) is 24.5 Å². The number of hydrogen-bond donors (Lipinski definition) is 1. The first kappa shape index (κ1) is 14.0. The minimum absolute atomic E-state index is 0.311. The highest BCUT2D eigenvalue weighted by molar-refractivity contribution is 5.85. The quantitative estimate of drug-likeness (QED) is 0.888. The zero-order valence-corrected chi connectivity index (χ0v) is 11.0. The summed E-state index contributed by atoms with van der Waals surface area (Å²) in [7, 11) is 1.47. The Morgan fingerprint density at radius 3 is 2.50 bits per heavy atom. The zero-order chi connectivity index (χ0) is 13.9. The van der Waals surface area contributed by atoms with Gasteiger partial charge in [0.15, 0.2) is 5.41 Å². The zero-order valence-electron chi connectivity index (χ0n) is 11.0. The van der Waals surface area contributed by atoms with E-state index in [0.717, 1.165) is 5.56 Å². The molecule has 0 amide bonds. The molecule has 0 bridgehead atoms. The van der Waals surface area contributed by atoms with Gasteiger partial charge < -0.3 is 9.84 Å². The first-order valence-corrected chi connectivity index (χ1v) is 5.70. The molecule has 1 aromatic carbocycles. The van der Waals surface area contributed by atoms with Crippen LogP contribution < -0.4 is 4.74 Å². The van der Waals surface area contributed by atoms with Gasteiger partial charge in [0.2, 0.25) is 0 Å². The number of aliphatic carboxylic acids is 1. The van der Waals surface area contributed by atoms with E-state index in [-0.39, 0.29) is 0 Å². The lowest BCUT2D eigenvalue weighted by Gasteiger charge is -2.21. The summed E-state index contributed by atoms with van der Waals surface area (Å²) < 4.78 is 5.22. The van der Waals surface area contributed by atoms with Crippen LogP contribution in [0.3, 0.4) is 0 Å². The van der Waals surface area contributed by atoms with Crippen LogP contribution in [-0.2, 0) is 10.2 Å². The third kappa shape index (κ3) is 2.30. The lowest BCUT2D eigenvalue weighted by Crippen LogP contribution is -2.31. The Bertz CT molecular complexity index is 502. The Balaban J connectivity index is 3.43. The average Bonchev–Trinajstić information content (AvgIpc) is 2.36. The predicted octanol–water partition coefficient (Wildman–Crippen LogP) is 2.68. The number of carboxylic acids is 1. The Morgan fingerprint density at radius 1 is 1.50 bits per heavy atom. The smallest absolute Gasteiger partial charge is 0.328 e. The van der Waals surface area contributed by atoms with Crippen LogP contribution in [0.5, 0.6) is 5.75 Å². The second-order valence-corrected chi connectivity index (χ2v) is 4.66. The second kappa shape index (κ2) is 5.09. The van der Waals surface area contributed by atoms with Crippen molar-refractivity contribution in [1.82, 2.24) is 0 Å². The Labute approximate surface area is 107 Å². The maximum atomic E-state index is 11.3. The van der Waals surface area contributed by atoms with Crippen LogP contribution in [0.25, 0.3) is 0 Å². The molecule has 0 aliphatic carbocycles. The van der Waals surface area contributed by atoms with E-state index in [0.29, 0.717) is 17.2 Å². The minimum atomic E-state index is -1.60. The second-order valence-electron chi connectivity index (χ2n) is 4.66. The molecule has 1 atom stereocenters. The molecule has 0 aliphatic rings. The van der Waals surface area contributed by atoms with Gasteiger partial charge in [-0.25, -0.2) is 0 Å². The van der Waals surface area contributed by atoms with E-state index in [2.05, 4.69) is 0 Å². The summed E-state index contributed by atoms with van der Waals surface area (Å²) in [6.07, 6.45) is 0. The Kier molecular flexibility index (Phi) is 3.97. The van der Waals surface area contributed by atoms with E-state index in [1.54, 1.807) is 12.1 Å². The molecule has 1 rings (SSSR count). The van der Waals surface area contributed by atoms with Crippen LogP contribution in [-0.4, -0.2) is 18.2 Å². The first-order chi connectivity index (χ1) is 8.36. The number of carbonyl (C=O) groups is 1. The number of nitrogens with zero attached hydrogens (tertiary/aromatic N) is 1. The van der Waals surface area contributed by atoms with E-state index < -0.39 is 11.4 Å². The molecule has 0 saturated carbocycles. The molecular formula is C14H17NO3. The minimum Gasteiger partial charge on any atom is -0.496 e. The van der Waals surface area contributed by atoms with Crippen LogP contribution in [0.4, 0.5) is 0 Å². The van der Waals surface area contributed by atoms with Crippen molar-refractivity contribution in [2.24, 2.45) is 0 Å². The molecule has 1 unspecified atom stereocenters. The fourth-order valence-corrected chi connectivity index (χ4v) is 1.70. The molecule has 18 heavy (non-hydrogen) atoms. The van der Waals surface area contributed by atoms with E-state index >= 15 is 0 Å². The molecule has 1 aromatic rings. The fraction of sp³-hybridized carbons (Fsp3) is 0.429. The van der Waals surface area contributed by atoms with Gasteiger partial charge in [-0.1, -0.05) is 26.0 Å². The van der Waals surface area contributed by atoms with Crippen LogP contribution in [0.15, 0.2) is 18.2 Å². The van der Waals surface area contributed by atoms with Gasteiger partial charge in [-0.3, -0.25) is 4.79 Å².